The molecular formula is C18H28N2O3S. The van der Waals surface area contributed by atoms with Gasteiger partial charge < -0.3 is 5.32 Å². The highest BCUT2D eigenvalue weighted by Gasteiger charge is 2.28. The van der Waals surface area contributed by atoms with Crippen LogP contribution in [0.1, 0.15) is 50.9 Å². The number of benzene rings is 1. The number of amides is 1. The van der Waals surface area contributed by atoms with Gasteiger partial charge in [0.15, 0.2) is 0 Å². The molecule has 0 radical (unpaired) electrons. The minimum absolute atomic E-state index is 0.0660. The highest BCUT2D eigenvalue weighted by molar-refractivity contribution is 7.89. The van der Waals surface area contributed by atoms with Crippen LogP contribution < -0.4 is 5.32 Å². The predicted octanol–water partition coefficient (Wildman–Crippen LogP) is 2.88. The summed E-state index contributed by atoms with van der Waals surface area (Å²) in [5.74, 6) is 0.743. The standard InChI is InChI=1S/C18H28N2O3S/c1-13(2)15(4)19-18(21)16-5-7-17(8-6-16)24(22,23)20-11-9-14(3)10-12-20/h5-8,13-15H,9-12H2,1-4H3,(H,19,21). The first-order chi connectivity index (χ1) is 11.2. The Bertz CT molecular complexity index is 660. The molecule has 1 fully saturated rings. The third-order valence-corrected chi connectivity index (χ3v) is 6.77. The molecule has 1 atom stereocenters. The first-order valence-corrected chi connectivity index (χ1v) is 10.1. The monoisotopic (exact) mass is 352 g/mol. The van der Waals surface area contributed by atoms with Gasteiger partial charge in [-0.15, -0.1) is 0 Å². The molecule has 1 unspecified atom stereocenters. The van der Waals surface area contributed by atoms with Crippen LogP contribution in [0.2, 0.25) is 0 Å². The largest absolute Gasteiger partial charge is 0.349 e. The number of nitrogens with one attached hydrogen (secondary N) is 1. The van der Waals surface area contributed by atoms with E-state index >= 15 is 0 Å². The Labute approximate surface area is 145 Å². The summed E-state index contributed by atoms with van der Waals surface area (Å²) in [5, 5.41) is 2.92. The zero-order valence-corrected chi connectivity index (χ0v) is 15.8. The van der Waals surface area contributed by atoms with Crippen LogP contribution in [0.4, 0.5) is 0 Å². The lowest BCUT2D eigenvalue weighted by Gasteiger charge is -2.29. The second kappa shape index (κ2) is 7.66. The van der Waals surface area contributed by atoms with Crippen molar-refractivity contribution in [3.05, 3.63) is 29.8 Å². The van der Waals surface area contributed by atoms with Crippen molar-refractivity contribution in [2.75, 3.05) is 13.1 Å². The number of nitrogens with zero attached hydrogens (tertiary/aromatic N) is 1. The number of carbonyl (C=O) groups excluding carboxylic acids is 1. The molecule has 6 heteroatoms. The Balaban J connectivity index is 2.09. The van der Waals surface area contributed by atoms with Crippen molar-refractivity contribution in [2.45, 2.75) is 51.5 Å². The fourth-order valence-electron chi connectivity index (χ4n) is 2.61. The smallest absolute Gasteiger partial charge is 0.251 e. The lowest BCUT2D eigenvalue weighted by Crippen LogP contribution is -2.38. The molecule has 1 saturated heterocycles. The Morgan fingerprint density at radius 2 is 1.67 bits per heavy atom. The molecule has 1 aromatic rings. The highest BCUT2D eigenvalue weighted by Crippen LogP contribution is 2.23. The van der Waals surface area contributed by atoms with Crippen molar-refractivity contribution < 1.29 is 13.2 Å². The molecule has 0 aromatic heterocycles. The number of rotatable bonds is 5. The molecule has 134 valence electrons. The molecule has 1 aliphatic rings. The summed E-state index contributed by atoms with van der Waals surface area (Å²) in [6.45, 7) is 9.32. The molecule has 0 aliphatic carbocycles. The van der Waals surface area contributed by atoms with Gasteiger partial charge in [0.05, 0.1) is 4.90 Å². The Hall–Kier alpha value is -1.40. The maximum atomic E-state index is 12.7. The van der Waals surface area contributed by atoms with E-state index < -0.39 is 10.0 Å². The van der Waals surface area contributed by atoms with Gasteiger partial charge >= 0.3 is 0 Å². The van der Waals surface area contributed by atoms with Crippen LogP contribution in [-0.2, 0) is 10.0 Å². The average molecular weight is 353 g/mol. The van der Waals surface area contributed by atoms with Gasteiger partial charge in [-0.1, -0.05) is 20.8 Å². The first kappa shape index (κ1) is 18.9. The zero-order chi connectivity index (χ0) is 17.9. The minimum Gasteiger partial charge on any atom is -0.349 e. The van der Waals surface area contributed by atoms with Crippen LogP contribution in [0.3, 0.4) is 0 Å². The van der Waals surface area contributed by atoms with Gasteiger partial charge in [0.25, 0.3) is 5.91 Å². The molecule has 0 saturated carbocycles. The van der Waals surface area contributed by atoms with Gasteiger partial charge in [0.2, 0.25) is 10.0 Å². The van der Waals surface area contributed by atoms with E-state index in [4.69, 9.17) is 0 Å². The fourth-order valence-corrected chi connectivity index (χ4v) is 4.08. The Kier molecular flexibility index (Phi) is 6.04. The predicted molar refractivity (Wildman–Crippen MR) is 95.4 cm³/mol. The zero-order valence-electron chi connectivity index (χ0n) is 15.0. The van der Waals surface area contributed by atoms with Crippen LogP contribution in [0.15, 0.2) is 29.2 Å². The van der Waals surface area contributed by atoms with E-state index in [1.807, 2.05) is 20.8 Å². The third-order valence-electron chi connectivity index (χ3n) is 4.86. The second-order valence-corrected chi connectivity index (χ2v) is 9.06. The normalized spacial score (nSPS) is 18.5. The van der Waals surface area contributed by atoms with E-state index in [0.29, 0.717) is 30.5 Å². The van der Waals surface area contributed by atoms with E-state index in [1.165, 1.54) is 12.1 Å². The minimum atomic E-state index is -3.46. The van der Waals surface area contributed by atoms with Gasteiger partial charge in [-0.25, -0.2) is 8.42 Å². The molecule has 1 N–H and O–H groups in total. The van der Waals surface area contributed by atoms with Crippen molar-refractivity contribution in [2.24, 2.45) is 11.8 Å². The summed E-state index contributed by atoms with van der Waals surface area (Å²) in [4.78, 5) is 12.4. The van der Waals surface area contributed by atoms with Crippen molar-refractivity contribution in [3.8, 4) is 0 Å². The molecule has 5 nitrogen and oxygen atoms in total. The number of carbonyl (C=O) groups is 1. The van der Waals surface area contributed by atoms with Gasteiger partial charge in [-0.2, -0.15) is 4.31 Å². The topological polar surface area (TPSA) is 66.5 Å². The highest BCUT2D eigenvalue weighted by atomic mass is 32.2. The van der Waals surface area contributed by atoms with E-state index in [1.54, 1.807) is 16.4 Å². The first-order valence-electron chi connectivity index (χ1n) is 8.63. The third kappa shape index (κ3) is 4.36. The van der Waals surface area contributed by atoms with Crippen molar-refractivity contribution >= 4 is 15.9 Å². The van der Waals surface area contributed by atoms with Crippen LogP contribution in [0, 0.1) is 11.8 Å². The van der Waals surface area contributed by atoms with Crippen LogP contribution in [0.25, 0.3) is 0 Å². The second-order valence-electron chi connectivity index (χ2n) is 7.12. The Morgan fingerprint density at radius 1 is 1.12 bits per heavy atom. The van der Waals surface area contributed by atoms with Gasteiger partial charge in [-0.3, -0.25) is 4.79 Å². The summed E-state index contributed by atoms with van der Waals surface area (Å²) in [5.41, 5.74) is 0.480. The quantitative estimate of drug-likeness (QED) is 0.886. The lowest BCUT2D eigenvalue weighted by atomic mass is 10.0. The maximum absolute atomic E-state index is 12.7. The summed E-state index contributed by atoms with van der Waals surface area (Å²) in [6.07, 6.45) is 1.79. The van der Waals surface area contributed by atoms with E-state index in [2.05, 4.69) is 12.2 Å². The molecule has 1 amide bonds. The summed E-state index contributed by atoms with van der Waals surface area (Å²) < 4.78 is 26.9. The molecule has 1 aromatic carbocycles. The van der Waals surface area contributed by atoms with E-state index in [0.717, 1.165) is 12.8 Å². The summed E-state index contributed by atoms with van der Waals surface area (Å²) in [6, 6.07) is 6.30. The van der Waals surface area contributed by atoms with Crippen molar-refractivity contribution in [1.29, 1.82) is 0 Å². The molecule has 1 aliphatic heterocycles. The van der Waals surface area contributed by atoms with E-state index in [-0.39, 0.29) is 16.8 Å². The number of hydrogen-bond acceptors (Lipinski definition) is 3. The number of piperidine rings is 1. The number of sulfonamides is 1. The van der Waals surface area contributed by atoms with Crippen LogP contribution >= 0.6 is 0 Å². The molecule has 0 bridgehead atoms. The number of hydrogen-bond donors (Lipinski definition) is 1. The van der Waals surface area contributed by atoms with Crippen molar-refractivity contribution in [3.63, 3.8) is 0 Å². The van der Waals surface area contributed by atoms with Crippen molar-refractivity contribution in [1.82, 2.24) is 9.62 Å². The molecular weight excluding hydrogens is 324 g/mol. The fraction of sp³-hybridized carbons (Fsp3) is 0.611. The average Bonchev–Trinajstić information content (AvgIpc) is 2.55. The summed E-state index contributed by atoms with van der Waals surface area (Å²) in [7, 11) is -3.46. The SMILES string of the molecule is CC1CCN(S(=O)(=O)c2ccc(C(=O)NC(C)C(C)C)cc2)CC1. The molecule has 24 heavy (non-hydrogen) atoms. The van der Waals surface area contributed by atoms with Gasteiger partial charge in [0.1, 0.15) is 0 Å². The summed E-state index contributed by atoms with van der Waals surface area (Å²) >= 11 is 0. The van der Waals surface area contributed by atoms with E-state index in [9.17, 15) is 13.2 Å². The molecule has 0 spiro atoms. The molecule has 1 heterocycles. The molecule has 2 rings (SSSR count). The maximum Gasteiger partial charge on any atom is 0.251 e. The van der Waals surface area contributed by atoms with Gasteiger partial charge in [0, 0.05) is 24.7 Å². The van der Waals surface area contributed by atoms with Crippen LogP contribution in [-0.4, -0.2) is 37.8 Å². The van der Waals surface area contributed by atoms with Crippen LogP contribution in [0.5, 0.6) is 0 Å². The Morgan fingerprint density at radius 3 is 2.17 bits per heavy atom. The van der Waals surface area contributed by atoms with Gasteiger partial charge in [-0.05, 0) is 55.9 Å². The lowest BCUT2D eigenvalue weighted by molar-refractivity contribution is 0.0930.